The number of hydrogen-bond acceptors (Lipinski definition) is 2. The van der Waals surface area contributed by atoms with Crippen LogP contribution >= 0.6 is 0 Å². The minimum atomic E-state index is 0.578. The van der Waals surface area contributed by atoms with E-state index in [0.29, 0.717) is 5.54 Å². The summed E-state index contributed by atoms with van der Waals surface area (Å²) >= 11 is 0. The summed E-state index contributed by atoms with van der Waals surface area (Å²) < 4.78 is 0. The first-order valence-electron chi connectivity index (χ1n) is 7.19. The molecular weight excluding hydrogens is 196 g/mol. The van der Waals surface area contributed by atoms with E-state index in [2.05, 4.69) is 24.2 Å². The van der Waals surface area contributed by atoms with Crippen molar-refractivity contribution in [2.45, 2.75) is 82.0 Å². The third kappa shape index (κ3) is 1.62. The summed E-state index contributed by atoms with van der Waals surface area (Å²) in [5.41, 5.74) is 0.578. The van der Waals surface area contributed by atoms with E-state index in [1.165, 1.54) is 51.4 Å². The maximum absolute atomic E-state index is 3.51. The van der Waals surface area contributed by atoms with Crippen molar-refractivity contribution in [2.24, 2.45) is 0 Å². The van der Waals surface area contributed by atoms with Gasteiger partial charge in [0.25, 0.3) is 0 Å². The van der Waals surface area contributed by atoms with Crippen LogP contribution in [0.1, 0.15) is 58.3 Å². The molecule has 0 spiro atoms. The first kappa shape index (κ1) is 11.0. The van der Waals surface area contributed by atoms with Crippen LogP contribution in [0.15, 0.2) is 0 Å². The number of fused-ring (bicyclic) bond motifs is 2. The summed E-state index contributed by atoms with van der Waals surface area (Å²) in [5, 5.41) is 3.51. The first-order valence-corrected chi connectivity index (χ1v) is 7.19. The van der Waals surface area contributed by atoms with Crippen LogP contribution in [0, 0.1) is 0 Å². The second kappa shape index (κ2) is 3.99. The monoisotopic (exact) mass is 222 g/mol. The molecule has 92 valence electrons. The minimum Gasteiger partial charge on any atom is -0.317 e. The highest BCUT2D eigenvalue weighted by atomic mass is 15.3. The van der Waals surface area contributed by atoms with Crippen molar-refractivity contribution in [3.8, 4) is 0 Å². The minimum absolute atomic E-state index is 0.578. The van der Waals surface area contributed by atoms with Gasteiger partial charge in [0, 0.05) is 23.7 Å². The maximum atomic E-state index is 3.51. The molecule has 3 rings (SSSR count). The zero-order valence-electron chi connectivity index (χ0n) is 10.8. The summed E-state index contributed by atoms with van der Waals surface area (Å²) in [4.78, 5) is 2.94. The van der Waals surface area contributed by atoms with Crippen molar-refractivity contribution in [1.82, 2.24) is 10.2 Å². The van der Waals surface area contributed by atoms with Crippen LogP contribution in [0.4, 0.5) is 0 Å². The predicted octanol–water partition coefficient (Wildman–Crippen LogP) is 2.53. The summed E-state index contributed by atoms with van der Waals surface area (Å²) in [5.74, 6) is 0. The van der Waals surface area contributed by atoms with Gasteiger partial charge >= 0.3 is 0 Å². The molecule has 0 aromatic heterocycles. The van der Waals surface area contributed by atoms with Crippen LogP contribution in [-0.2, 0) is 0 Å². The molecule has 2 saturated heterocycles. The molecule has 2 heterocycles. The zero-order valence-corrected chi connectivity index (χ0v) is 10.8. The third-order valence-corrected chi connectivity index (χ3v) is 5.44. The lowest BCUT2D eigenvalue weighted by Crippen LogP contribution is -2.65. The Bertz CT molecular complexity index is 245. The third-order valence-electron chi connectivity index (χ3n) is 5.44. The lowest BCUT2D eigenvalue weighted by atomic mass is 9.70. The van der Waals surface area contributed by atoms with Gasteiger partial charge in [-0.3, -0.25) is 4.90 Å². The fourth-order valence-electron chi connectivity index (χ4n) is 4.45. The summed E-state index contributed by atoms with van der Waals surface area (Å²) in [7, 11) is 2.14. The van der Waals surface area contributed by atoms with Gasteiger partial charge in [-0.05, 0) is 58.9 Å². The molecule has 16 heavy (non-hydrogen) atoms. The number of nitrogens with one attached hydrogen (secondary N) is 1. The quantitative estimate of drug-likeness (QED) is 0.772. The van der Waals surface area contributed by atoms with Crippen LogP contribution in [0.2, 0.25) is 0 Å². The highest BCUT2D eigenvalue weighted by molar-refractivity contribution is 5.05. The van der Waals surface area contributed by atoms with Gasteiger partial charge < -0.3 is 5.32 Å². The average molecular weight is 222 g/mol. The van der Waals surface area contributed by atoms with E-state index >= 15 is 0 Å². The van der Waals surface area contributed by atoms with E-state index < -0.39 is 0 Å². The van der Waals surface area contributed by atoms with Crippen molar-refractivity contribution in [1.29, 1.82) is 0 Å². The predicted molar refractivity (Wildman–Crippen MR) is 67.6 cm³/mol. The SMILES string of the molecule is CNC1CC2CCCC(C1)N2C1(C)CCC1. The van der Waals surface area contributed by atoms with Crippen LogP contribution in [0.5, 0.6) is 0 Å². The largest absolute Gasteiger partial charge is 0.317 e. The molecule has 0 radical (unpaired) electrons. The van der Waals surface area contributed by atoms with Crippen LogP contribution in [0.3, 0.4) is 0 Å². The Morgan fingerprint density at radius 3 is 2.12 bits per heavy atom. The van der Waals surface area contributed by atoms with Gasteiger partial charge in [-0.2, -0.15) is 0 Å². The molecule has 2 atom stereocenters. The van der Waals surface area contributed by atoms with Crippen molar-refractivity contribution < 1.29 is 0 Å². The molecule has 2 aliphatic heterocycles. The van der Waals surface area contributed by atoms with Gasteiger partial charge in [-0.25, -0.2) is 0 Å². The van der Waals surface area contributed by atoms with Gasteiger partial charge in [-0.1, -0.05) is 6.42 Å². The Morgan fingerprint density at radius 1 is 1.06 bits per heavy atom. The van der Waals surface area contributed by atoms with E-state index in [-0.39, 0.29) is 0 Å². The Hall–Kier alpha value is -0.0800. The van der Waals surface area contributed by atoms with Crippen LogP contribution in [-0.4, -0.2) is 35.6 Å². The second-order valence-electron chi connectivity index (χ2n) is 6.45. The topological polar surface area (TPSA) is 15.3 Å². The van der Waals surface area contributed by atoms with E-state index in [9.17, 15) is 0 Å². The highest BCUT2D eigenvalue weighted by Crippen LogP contribution is 2.46. The molecule has 1 N–H and O–H groups in total. The van der Waals surface area contributed by atoms with Gasteiger partial charge in [0.2, 0.25) is 0 Å². The molecule has 1 aliphatic carbocycles. The Labute approximate surface area is 99.8 Å². The zero-order chi connectivity index (χ0) is 11.2. The van der Waals surface area contributed by atoms with Gasteiger partial charge in [0.1, 0.15) is 0 Å². The fraction of sp³-hybridized carbons (Fsp3) is 1.00. The Morgan fingerprint density at radius 2 is 1.69 bits per heavy atom. The lowest BCUT2D eigenvalue weighted by Gasteiger charge is -2.60. The number of piperidine rings is 2. The Balaban J connectivity index is 1.78. The molecule has 3 fully saturated rings. The molecule has 0 aromatic carbocycles. The number of nitrogens with zero attached hydrogens (tertiary/aromatic N) is 1. The standard InChI is InChI=1S/C14H26N2/c1-14(7-4-8-14)16-12-5-3-6-13(16)10-11(9-12)15-2/h11-13,15H,3-10H2,1-2H3. The van der Waals surface area contributed by atoms with Gasteiger partial charge in [0.05, 0.1) is 0 Å². The molecule has 0 aromatic rings. The molecule has 2 unspecified atom stereocenters. The number of rotatable bonds is 2. The summed E-state index contributed by atoms with van der Waals surface area (Å²) in [6.07, 6.45) is 11.5. The summed E-state index contributed by atoms with van der Waals surface area (Å²) in [6, 6.07) is 2.56. The molecular formula is C14H26N2. The first-order chi connectivity index (χ1) is 7.73. The normalized spacial score (nSPS) is 42.8. The second-order valence-corrected chi connectivity index (χ2v) is 6.45. The van der Waals surface area contributed by atoms with Crippen molar-refractivity contribution in [3.05, 3.63) is 0 Å². The van der Waals surface area contributed by atoms with Crippen molar-refractivity contribution in [3.63, 3.8) is 0 Å². The molecule has 2 heteroatoms. The van der Waals surface area contributed by atoms with Crippen molar-refractivity contribution >= 4 is 0 Å². The highest BCUT2D eigenvalue weighted by Gasteiger charge is 2.48. The van der Waals surface area contributed by atoms with Crippen LogP contribution < -0.4 is 5.32 Å². The number of hydrogen-bond donors (Lipinski definition) is 1. The van der Waals surface area contributed by atoms with E-state index in [4.69, 9.17) is 0 Å². The molecule has 2 nitrogen and oxygen atoms in total. The van der Waals surface area contributed by atoms with Gasteiger partial charge in [0.15, 0.2) is 0 Å². The smallest absolute Gasteiger partial charge is 0.0187 e. The van der Waals surface area contributed by atoms with E-state index in [0.717, 1.165) is 18.1 Å². The average Bonchev–Trinajstić information content (AvgIpc) is 2.24. The van der Waals surface area contributed by atoms with Crippen molar-refractivity contribution in [2.75, 3.05) is 7.05 Å². The summed E-state index contributed by atoms with van der Waals surface area (Å²) in [6.45, 7) is 2.52. The molecule has 0 amide bonds. The van der Waals surface area contributed by atoms with E-state index in [1.54, 1.807) is 0 Å². The maximum Gasteiger partial charge on any atom is 0.0187 e. The lowest BCUT2D eigenvalue weighted by molar-refractivity contribution is -0.0887. The van der Waals surface area contributed by atoms with Gasteiger partial charge in [-0.15, -0.1) is 0 Å². The fourth-order valence-corrected chi connectivity index (χ4v) is 4.45. The molecule has 1 saturated carbocycles. The Kier molecular flexibility index (Phi) is 2.75. The van der Waals surface area contributed by atoms with Crippen LogP contribution in [0.25, 0.3) is 0 Å². The molecule has 3 aliphatic rings. The van der Waals surface area contributed by atoms with E-state index in [1.807, 2.05) is 0 Å². The molecule has 2 bridgehead atoms.